The first kappa shape index (κ1) is 19.1. The summed E-state index contributed by atoms with van der Waals surface area (Å²) < 4.78 is 17.4. The van der Waals surface area contributed by atoms with Crippen LogP contribution in [0, 0.1) is 23.2 Å². The molecule has 2 aliphatic rings. The van der Waals surface area contributed by atoms with Crippen LogP contribution < -0.4 is 14.2 Å². The van der Waals surface area contributed by atoms with Gasteiger partial charge in [0.05, 0.1) is 31.9 Å². The molecule has 1 aliphatic carbocycles. The van der Waals surface area contributed by atoms with Crippen LogP contribution in [-0.4, -0.2) is 26.5 Å². The standard InChI is InChI=1S/C24H24N2O3/c1-27-22-13-18(12-16(14-25)15-26-19-6-4-3-5-7-19)20-10-11-21(17-8-9-17)29-23(20)24(22)28-2/h3-7,10-11,13,15-17,21H,8-9,12H2,1-2H3/b26-15+. The number of nitriles is 1. The maximum atomic E-state index is 9.67. The van der Waals surface area contributed by atoms with Gasteiger partial charge in [-0.2, -0.15) is 5.26 Å². The average Bonchev–Trinajstić information content (AvgIpc) is 3.62. The topological polar surface area (TPSA) is 63.8 Å². The minimum absolute atomic E-state index is 0.0720. The van der Waals surface area contributed by atoms with Gasteiger partial charge in [0.1, 0.15) is 6.10 Å². The Morgan fingerprint density at radius 3 is 2.69 bits per heavy atom. The molecule has 0 aromatic heterocycles. The molecule has 148 valence electrons. The maximum absolute atomic E-state index is 9.67. The zero-order valence-electron chi connectivity index (χ0n) is 16.7. The summed E-state index contributed by atoms with van der Waals surface area (Å²) in [6.45, 7) is 0. The van der Waals surface area contributed by atoms with Crippen molar-refractivity contribution >= 4 is 18.0 Å². The molecule has 0 amide bonds. The van der Waals surface area contributed by atoms with Crippen molar-refractivity contribution in [2.75, 3.05) is 14.2 Å². The molecule has 2 atom stereocenters. The Kier molecular flexibility index (Phi) is 5.53. The van der Waals surface area contributed by atoms with Crippen LogP contribution in [0.5, 0.6) is 17.2 Å². The van der Waals surface area contributed by atoms with Crippen LogP contribution in [0.25, 0.3) is 6.08 Å². The fraction of sp³-hybridized carbons (Fsp3) is 0.333. The fourth-order valence-corrected chi connectivity index (χ4v) is 3.60. The van der Waals surface area contributed by atoms with Crippen LogP contribution in [-0.2, 0) is 6.42 Å². The van der Waals surface area contributed by atoms with Crippen molar-refractivity contribution in [2.45, 2.75) is 25.4 Å². The molecule has 1 aliphatic heterocycles. The van der Waals surface area contributed by atoms with Crippen molar-refractivity contribution in [3.05, 3.63) is 53.6 Å². The minimum atomic E-state index is -0.369. The molecule has 0 N–H and O–H groups in total. The molecule has 5 heteroatoms. The van der Waals surface area contributed by atoms with Crippen molar-refractivity contribution in [3.63, 3.8) is 0 Å². The van der Waals surface area contributed by atoms with E-state index in [0.717, 1.165) is 16.8 Å². The lowest BCUT2D eigenvalue weighted by Crippen LogP contribution is -2.20. The van der Waals surface area contributed by atoms with E-state index in [9.17, 15) is 5.26 Å². The van der Waals surface area contributed by atoms with E-state index in [1.54, 1.807) is 20.4 Å². The Hall–Kier alpha value is -3.26. The second kappa shape index (κ2) is 8.40. The molecule has 2 aromatic carbocycles. The van der Waals surface area contributed by atoms with Crippen LogP contribution in [0.2, 0.25) is 0 Å². The van der Waals surface area contributed by atoms with Gasteiger partial charge in [0.15, 0.2) is 11.5 Å². The number of hydrogen-bond acceptors (Lipinski definition) is 5. The molecule has 1 fully saturated rings. The highest BCUT2D eigenvalue weighted by Gasteiger charge is 2.35. The van der Waals surface area contributed by atoms with Gasteiger partial charge >= 0.3 is 0 Å². The third kappa shape index (κ3) is 4.12. The van der Waals surface area contributed by atoms with Gasteiger partial charge in [-0.15, -0.1) is 0 Å². The molecule has 1 heterocycles. The number of benzene rings is 2. The van der Waals surface area contributed by atoms with Gasteiger partial charge in [0.25, 0.3) is 0 Å². The normalized spacial score (nSPS) is 18.6. The molecule has 0 spiro atoms. The van der Waals surface area contributed by atoms with Gasteiger partial charge in [0.2, 0.25) is 5.75 Å². The smallest absolute Gasteiger partial charge is 0.203 e. The van der Waals surface area contributed by atoms with Crippen molar-refractivity contribution in [3.8, 4) is 23.3 Å². The van der Waals surface area contributed by atoms with Gasteiger partial charge in [-0.3, -0.25) is 4.99 Å². The first-order chi connectivity index (χ1) is 14.2. The number of rotatable bonds is 7. The summed E-state index contributed by atoms with van der Waals surface area (Å²) in [6, 6.07) is 13.9. The Balaban J connectivity index is 1.65. The first-order valence-corrected chi connectivity index (χ1v) is 9.85. The molecule has 0 radical (unpaired) electrons. The summed E-state index contributed by atoms with van der Waals surface area (Å²) in [7, 11) is 3.24. The predicted octanol–water partition coefficient (Wildman–Crippen LogP) is 4.97. The summed E-state index contributed by atoms with van der Waals surface area (Å²) in [6.07, 6.45) is 8.89. The first-order valence-electron chi connectivity index (χ1n) is 9.85. The summed E-state index contributed by atoms with van der Waals surface area (Å²) >= 11 is 0. The number of para-hydroxylation sites is 1. The number of aliphatic imine (C=N–C) groups is 1. The number of fused-ring (bicyclic) bond motifs is 1. The Morgan fingerprint density at radius 2 is 2.03 bits per heavy atom. The highest BCUT2D eigenvalue weighted by atomic mass is 16.5. The molecule has 2 unspecified atom stereocenters. The Bertz CT molecular complexity index is 972. The minimum Gasteiger partial charge on any atom is -0.493 e. The van der Waals surface area contributed by atoms with Gasteiger partial charge < -0.3 is 14.2 Å². The number of ether oxygens (including phenoxy) is 3. The summed E-state index contributed by atoms with van der Waals surface area (Å²) in [4.78, 5) is 4.45. The van der Waals surface area contributed by atoms with E-state index < -0.39 is 0 Å². The van der Waals surface area contributed by atoms with E-state index in [4.69, 9.17) is 14.2 Å². The van der Waals surface area contributed by atoms with Gasteiger partial charge in [-0.05, 0) is 55.0 Å². The Labute approximate surface area is 171 Å². The lowest BCUT2D eigenvalue weighted by molar-refractivity contribution is 0.209. The van der Waals surface area contributed by atoms with Crippen molar-refractivity contribution in [1.82, 2.24) is 0 Å². The van der Waals surface area contributed by atoms with Crippen molar-refractivity contribution in [1.29, 1.82) is 5.26 Å². The fourth-order valence-electron chi connectivity index (χ4n) is 3.60. The average molecular weight is 388 g/mol. The zero-order chi connectivity index (χ0) is 20.2. The summed E-state index contributed by atoms with van der Waals surface area (Å²) in [5, 5.41) is 9.67. The lowest BCUT2D eigenvalue weighted by atomic mass is 9.93. The quantitative estimate of drug-likeness (QED) is 0.628. The van der Waals surface area contributed by atoms with E-state index in [0.29, 0.717) is 29.6 Å². The van der Waals surface area contributed by atoms with Crippen molar-refractivity contribution in [2.24, 2.45) is 16.8 Å². The Morgan fingerprint density at radius 1 is 1.24 bits per heavy atom. The summed E-state index contributed by atoms with van der Waals surface area (Å²) in [5.74, 6) is 2.13. The van der Waals surface area contributed by atoms with Crippen LogP contribution in [0.4, 0.5) is 5.69 Å². The molecule has 2 aromatic rings. The van der Waals surface area contributed by atoms with Crippen LogP contribution >= 0.6 is 0 Å². The van der Waals surface area contributed by atoms with Gasteiger partial charge in [-0.25, -0.2) is 0 Å². The zero-order valence-corrected chi connectivity index (χ0v) is 16.7. The number of hydrogen-bond donors (Lipinski definition) is 0. The molecular formula is C24H24N2O3. The highest BCUT2D eigenvalue weighted by Crippen LogP contribution is 2.48. The number of methoxy groups -OCH3 is 2. The molecule has 5 nitrogen and oxygen atoms in total. The van der Waals surface area contributed by atoms with E-state index in [2.05, 4.69) is 23.2 Å². The van der Waals surface area contributed by atoms with Crippen LogP contribution in [0.3, 0.4) is 0 Å². The van der Waals surface area contributed by atoms with E-state index in [1.165, 1.54) is 12.8 Å². The van der Waals surface area contributed by atoms with Crippen LogP contribution in [0.1, 0.15) is 24.0 Å². The second-order valence-corrected chi connectivity index (χ2v) is 7.35. The largest absolute Gasteiger partial charge is 0.493 e. The van der Waals surface area contributed by atoms with Crippen LogP contribution in [0.15, 0.2) is 47.5 Å². The monoisotopic (exact) mass is 388 g/mol. The van der Waals surface area contributed by atoms with E-state index >= 15 is 0 Å². The molecule has 4 rings (SSSR count). The second-order valence-electron chi connectivity index (χ2n) is 7.35. The summed E-state index contributed by atoms with van der Waals surface area (Å²) in [5.41, 5.74) is 2.76. The van der Waals surface area contributed by atoms with E-state index in [-0.39, 0.29) is 12.0 Å². The van der Waals surface area contributed by atoms with Gasteiger partial charge in [-0.1, -0.05) is 24.3 Å². The third-order valence-electron chi connectivity index (χ3n) is 5.31. The van der Waals surface area contributed by atoms with E-state index in [1.807, 2.05) is 36.4 Å². The number of nitrogens with zero attached hydrogens (tertiary/aromatic N) is 2. The third-order valence-corrected chi connectivity index (χ3v) is 5.31. The highest BCUT2D eigenvalue weighted by molar-refractivity contribution is 5.74. The predicted molar refractivity (Wildman–Crippen MR) is 113 cm³/mol. The molecule has 29 heavy (non-hydrogen) atoms. The van der Waals surface area contributed by atoms with Gasteiger partial charge in [0, 0.05) is 11.8 Å². The molecule has 0 bridgehead atoms. The SMILES string of the molecule is COc1cc(CC(C#N)/C=N/c2ccccc2)c2c(c1OC)OC(C1CC1)C=C2. The maximum Gasteiger partial charge on any atom is 0.203 e. The molecule has 1 saturated carbocycles. The van der Waals surface area contributed by atoms with Crippen molar-refractivity contribution < 1.29 is 14.2 Å². The lowest BCUT2D eigenvalue weighted by Gasteiger charge is -2.26. The molecule has 0 saturated heterocycles. The molecular weight excluding hydrogens is 364 g/mol.